The van der Waals surface area contributed by atoms with Crippen LogP contribution < -0.4 is 5.73 Å². The number of carbonyl (C=O) groups excluding carboxylic acids is 1. The molecule has 0 radical (unpaired) electrons. The zero-order chi connectivity index (χ0) is 13.7. The van der Waals surface area contributed by atoms with Crippen LogP contribution in [0.25, 0.3) is 0 Å². The van der Waals surface area contributed by atoms with Crippen LogP contribution in [0.3, 0.4) is 0 Å². The van der Waals surface area contributed by atoms with E-state index >= 15 is 0 Å². The smallest absolute Gasteiger partial charge is 0.272 e. The number of nitrogens with two attached hydrogens (primary N) is 1. The van der Waals surface area contributed by atoms with Gasteiger partial charge in [-0.2, -0.15) is 0 Å². The minimum atomic E-state index is 0.0542. The van der Waals surface area contributed by atoms with E-state index in [0.717, 1.165) is 37.4 Å². The lowest BCUT2D eigenvalue weighted by Gasteiger charge is -2.31. The summed E-state index contributed by atoms with van der Waals surface area (Å²) in [4.78, 5) is 18.4. The third kappa shape index (κ3) is 3.53. The van der Waals surface area contributed by atoms with Crippen LogP contribution in [0.15, 0.2) is 18.3 Å². The second-order valence-corrected chi connectivity index (χ2v) is 5.28. The highest BCUT2D eigenvalue weighted by Crippen LogP contribution is 2.22. The Morgan fingerprint density at radius 1 is 1.42 bits per heavy atom. The van der Waals surface area contributed by atoms with Gasteiger partial charge in [-0.05, 0) is 30.4 Å². The van der Waals surface area contributed by atoms with Gasteiger partial charge in [0.25, 0.3) is 5.91 Å². The average Bonchev–Trinajstić information content (AvgIpc) is 2.48. The zero-order valence-electron chi connectivity index (χ0n) is 11.6. The van der Waals surface area contributed by atoms with Gasteiger partial charge in [-0.1, -0.05) is 25.8 Å². The third-order valence-corrected chi connectivity index (χ3v) is 3.88. The number of carbonyl (C=O) groups is 1. The van der Waals surface area contributed by atoms with E-state index in [2.05, 4.69) is 11.9 Å². The van der Waals surface area contributed by atoms with Crippen molar-refractivity contribution in [3.8, 4) is 0 Å². The van der Waals surface area contributed by atoms with Gasteiger partial charge in [0.2, 0.25) is 0 Å². The molecule has 1 aliphatic heterocycles. The predicted molar refractivity (Wildman–Crippen MR) is 75.7 cm³/mol. The van der Waals surface area contributed by atoms with Crippen LogP contribution in [0.2, 0.25) is 0 Å². The Morgan fingerprint density at radius 2 is 2.16 bits per heavy atom. The van der Waals surface area contributed by atoms with E-state index in [-0.39, 0.29) is 5.91 Å². The number of rotatable bonds is 4. The maximum absolute atomic E-state index is 12.3. The quantitative estimate of drug-likeness (QED) is 0.904. The Balaban J connectivity index is 1.93. The molecule has 0 atom stereocenters. The largest absolute Gasteiger partial charge is 0.337 e. The summed E-state index contributed by atoms with van der Waals surface area (Å²) in [6.07, 6.45) is 6.46. The highest BCUT2D eigenvalue weighted by Gasteiger charge is 2.23. The van der Waals surface area contributed by atoms with Crippen LogP contribution in [-0.2, 0) is 6.54 Å². The Bertz CT molecular complexity index is 408. The minimum Gasteiger partial charge on any atom is -0.337 e. The number of hydrogen-bond acceptors (Lipinski definition) is 3. The maximum atomic E-state index is 12.3. The van der Waals surface area contributed by atoms with Gasteiger partial charge in [0.1, 0.15) is 5.69 Å². The van der Waals surface area contributed by atoms with E-state index in [1.54, 1.807) is 12.3 Å². The summed E-state index contributed by atoms with van der Waals surface area (Å²) >= 11 is 0. The second kappa shape index (κ2) is 6.66. The first-order chi connectivity index (χ1) is 9.24. The Morgan fingerprint density at radius 3 is 2.68 bits per heavy atom. The first-order valence-electron chi connectivity index (χ1n) is 7.19. The molecule has 1 fully saturated rings. The number of nitrogens with zero attached hydrogens (tertiary/aromatic N) is 2. The molecule has 2 N–H and O–H groups in total. The number of amides is 1. The molecule has 0 unspecified atom stereocenters. The molecule has 2 heterocycles. The second-order valence-electron chi connectivity index (χ2n) is 5.28. The van der Waals surface area contributed by atoms with Gasteiger partial charge in [0, 0.05) is 25.8 Å². The molecule has 0 aliphatic carbocycles. The van der Waals surface area contributed by atoms with Crippen molar-refractivity contribution in [2.75, 3.05) is 13.1 Å². The summed E-state index contributed by atoms with van der Waals surface area (Å²) in [7, 11) is 0. The number of likely N-dealkylation sites (tertiary alicyclic amines) is 1. The van der Waals surface area contributed by atoms with Gasteiger partial charge >= 0.3 is 0 Å². The van der Waals surface area contributed by atoms with Crippen molar-refractivity contribution in [2.24, 2.45) is 11.7 Å². The standard InChI is InChI=1S/C15H23N3O/c1-2-3-12-6-8-18(9-7-12)15(19)14-5-4-13(10-16)11-17-14/h4-5,11-12H,2-3,6-10,16H2,1H3. The van der Waals surface area contributed by atoms with Crippen molar-refractivity contribution in [1.82, 2.24) is 9.88 Å². The van der Waals surface area contributed by atoms with Crippen LogP contribution in [0.5, 0.6) is 0 Å². The first kappa shape index (κ1) is 14.0. The summed E-state index contributed by atoms with van der Waals surface area (Å²) in [5, 5.41) is 0. The lowest BCUT2D eigenvalue weighted by Crippen LogP contribution is -2.38. The van der Waals surface area contributed by atoms with Gasteiger partial charge in [-0.25, -0.2) is 0 Å². The van der Waals surface area contributed by atoms with E-state index in [9.17, 15) is 4.79 Å². The van der Waals surface area contributed by atoms with Crippen LogP contribution in [-0.4, -0.2) is 28.9 Å². The lowest BCUT2D eigenvalue weighted by atomic mass is 9.92. The lowest BCUT2D eigenvalue weighted by molar-refractivity contribution is 0.0680. The summed E-state index contributed by atoms with van der Waals surface area (Å²) in [6, 6.07) is 3.66. The molecule has 1 aromatic rings. The molecular formula is C15H23N3O. The van der Waals surface area contributed by atoms with Crippen molar-refractivity contribution < 1.29 is 4.79 Å². The fourth-order valence-electron chi connectivity index (χ4n) is 2.67. The van der Waals surface area contributed by atoms with Crippen molar-refractivity contribution in [3.05, 3.63) is 29.6 Å². The molecule has 4 nitrogen and oxygen atoms in total. The SMILES string of the molecule is CCCC1CCN(C(=O)c2ccc(CN)cn2)CC1. The molecule has 0 aromatic carbocycles. The Hall–Kier alpha value is -1.42. The van der Waals surface area contributed by atoms with Crippen LogP contribution in [0, 0.1) is 5.92 Å². The highest BCUT2D eigenvalue weighted by atomic mass is 16.2. The van der Waals surface area contributed by atoms with Gasteiger partial charge in [-0.3, -0.25) is 9.78 Å². The minimum absolute atomic E-state index is 0.0542. The normalized spacial score (nSPS) is 16.6. The van der Waals surface area contributed by atoms with E-state index in [1.165, 1.54) is 12.8 Å². The highest BCUT2D eigenvalue weighted by molar-refractivity contribution is 5.92. The third-order valence-electron chi connectivity index (χ3n) is 3.88. The number of pyridine rings is 1. The fourth-order valence-corrected chi connectivity index (χ4v) is 2.67. The van der Waals surface area contributed by atoms with Crippen molar-refractivity contribution in [3.63, 3.8) is 0 Å². The summed E-state index contributed by atoms with van der Waals surface area (Å²) in [5.41, 5.74) is 7.02. The number of aromatic nitrogens is 1. The molecule has 2 rings (SSSR count). The van der Waals surface area contributed by atoms with Gasteiger partial charge in [0.05, 0.1) is 0 Å². The molecular weight excluding hydrogens is 238 g/mol. The van der Waals surface area contributed by atoms with E-state index < -0.39 is 0 Å². The fraction of sp³-hybridized carbons (Fsp3) is 0.600. The number of hydrogen-bond donors (Lipinski definition) is 1. The summed E-state index contributed by atoms with van der Waals surface area (Å²) in [5.74, 6) is 0.847. The first-order valence-corrected chi connectivity index (χ1v) is 7.19. The van der Waals surface area contributed by atoms with Crippen molar-refractivity contribution in [2.45, 2.75) is 39.2 Å². The molecule has 1 aliphatic rings. The van der Waals surface area contributed by atoms with E-state index in [1.807, 2.05) is 11.0 Å². The van der Waals surface area contributed by atoms with Crippen LogP contribution in [0.4, 0.5) is 0 Å². The molecule has 1 amide bonds. The predicted octanol–water partition coefficient (Wildman–Crippen LogP) is 2.19. The Kier molecular flexibility index (Phi) is 4.91. The maximum Gasteiger partial charge on any atom is 0.272 e. The van der Waals surface area contributed by atoms with Crippen molar-refractivity contribution in [1.29, 1.82) is 0 Å². The van der Waals surface area contributed by atoms with Crippen LogP contribution in [0.1, 0.15) is 48.7 Å². The van der Waals surface area contributed by atoms with E-state index in [0.29, 0.717) is 12.2 Å². The molecule has 0 bridgehead atoms. The van der Waals surface area contributed by atoms with Gasteiger partial charge in [0.15, 0.2) is 0 Å². The molecule has 1 aromatic heterocycles. The van der Waals surface area contributed by atoms with Gasteiger partial charge in [-0.15, -0.1) is 0 Å². The molecule has 0 spiro atoms. The topological polar surface area (TPSA) is 59.2 Å². The number of piperidine rings is 1. The summed E-state index contributed by atoms with van der Waals surface area (Å²) in [6.45, 7) is 4.41. The zero-order valence-corrected chi connectivity index (χ0v) is 11.6. The molecule has 19 heavy (non-hydrogen) atoms. The summed E-state index contributed by atoms with van der Waals surface area (Å²) < 4.78 is 0. The molecule has 104 valence electrons. The average molecular weight is 261 g/mol. The van der Waals surface area contributed by atoms with Crippen molar-refractivity contribution >= 4 is 5.91 Å². The van der Waals surface area contributed by atoms with E-state index in [4.69, 9.17) is 5.73 Å². The van der Waals surface area contributed by atoms with Gasteiger partial charge < -0.3 is 10.6 Å². The molecule has 0 saturated carbocycles. The van der Waals surface area contributed by atoms with Crippen LogP contribution >= 0.6 is 0 Å². The molecule has 1 saturated heterocycles. The monoisotopic (exact) mass is 261 g/mol. The Labute approximate surface area is 115 Å². The molecule has 4 heteroatoms.